The van der Waals surface area contributed by atoms with E-state index in [0.29, 0.717) is 31.4 Å². The molecule has 0 aliphatic carbocycles. The number of esters is 1. The molecule has 0 unspecified atom stereocenters. The van der Waals surface area contributed by atoms with Gasteiger partial charge in [-0.2, -0.15) is 0 Å². The van der Waals surface area contributed by atoms with Crippen LogP contribution < -0.4 is 5.73 Å². The normalized spacial score (nSPS) is 10.5. The van der Waals surface area contributed by atoms with Gasteiger partial charge >= 0.3 is 5.97 Å². The van der Waals surface area contributed by atoms with Gasteiger partial charge in [0, 0.05) is 20.3 Å². The maximum Gasteiger partial charge on any atom is 0.360 e. The molecule has 1 aromatic rings. The van der Waals surface area contributed by atoms with Gasteiger partial charge in [0.05, 0.1) is 6.61 Å². The van der Waals surface area contributed by atoms with Gasteiger partial charge in [0.2, 0.25) is 0 Å². The minimum atomic E-state index is -0.474. The van der Waals surface area contributed by atoms with E-state index in [0.717, 1.165) is 6.42 Å². The third-order valence-electron chi connectivity index (χ3n) is 2.40. The number of aromatic nitrogens is 2. The summed E-state index contributed by atoms with van der Waals surface area (Å²) in [5.41, 5.74) is 6.07. The number of carbonyl (C=O) groups excluding carboxylic acids is 1. The van der Waals surface area contributed by atoms with Gasteiger partial charge in [-0.1, -0.05) is 0 Å². The first kappa shape index (κ1) is 13.5. The zero-order chi connectivity index (χ0) is 12.8. The van der Waals surface area contributed by atoms with Gasteiger partial charge in [0.1, 0.15) is 11.6 Å². The molecule has 0 bridgehead atoms. The van der Waals surface area contributed by atoms with Crippen molar-refractivity contribution in [3.8, 4) is 0 Å². The van der Waals surface area contributed by atoms with Crippen LogP contribution in [0, 0.1) is 6.92 Å². The minimum Gasteiger partial charge on any atom is -0.461 e. The third kappa shape index (κ3) is 3.20. The number of imidazole rings is 1. The van der Waals surface area contributed by atoms with Gasteiger partial charge < -0.3 is 19.8 Å². The lowest BCUT2D eigenvalue weighted by molar-refractivity contribution is 0.0521. The summed E-state index contributed by atoms with van der Waals surface area (Å²) in [4.78, 5) is 15.7. The van der Waals surface area contributed by atoms with Crippen molar-refractivity contribution in [2.75, 3.05) is 26.1 Å². The minimum absolute atomic E-state index is 0.196. The molecule has 6 nitrogen and oxygen atoms in total. The van der Waals surface area contributed by atoms with Crippen LogP contribution in [0.15, 0.2) is 0 Å². The van der Waals surface area contributed by atoms with Crippen molar-refractivity contribution in [1.82, 2.24) is 9.55 Å². The number of rotatable bonds is 6. The average molecular weight is 241 g/mol. The highest BCUT2D eigenvalue weighted by molar-refractivity contribution is 5.92. The molecule has 0 saturated heterocycles. The molecule has 6 heteroatoms. The maximum absolute atomic E-state index is 11.6. The lowest BCUT2D eigenvalue weighted by atomic mass is 10.4. The van der Waals surface area contributed by atoms with Crippen molar-refractivity contribution < 1.29 is 14.3 Å². The van der Waals surface area contributed by atoms with E-state index in [4.69, 9.17) is 15.2 Å². The molecule has 0 saturated carbocycles. The molecule has 0 amide bonds. The summed E-state index contributed by atoms with van der Waals surface area (Å²) >= 11 is 0. The number of carbonyl (C=O) groups is 1. The first-order chi connectivity index (χ1) is 8.11. The second kappa shape index (κ2) is 6.24. The predicted octanol–water partition coefficient (Wildman–Crippen LogP) is 0.987. The molecule has 0 fully saturated rings. The number of nitrogens with zero attached hydrogens (tertiary/aromatic N) is 2. The Morgan fingerprint density at radius 3 is 2.82 bits per heavy atom. The SMILES string of the molecule is CCOC(=O)c1nc(C)n(CCCOC)c1N. The number of aryl methyl sites for hydroxylation is 1. The van der Waals surface area contributed by atoms with E-state index < -0.39 is 5.97 Å². The molecular weight excluding hydrogens is 222 g/mol. The fraction of sp³-hybridized carbons (Fsp3) is 0.636. The summed E-state index contributed by atoms with van der Waals surface area (Å²) in [6, 6.07) is 0. The van der Waals surface area contributed by atoms with Crippen molar-refractivity contribution in [1.29, 1.82) is 0 Å². The average Bonchev–Trinajstić information content (AvgIpc) is 2.57. The number of nitrogens with two attached hydrogens (primary N) is 1. The molecule has 0 atom stereocenters. The van der Waals surface area contributed by atoms with Crippen LogP contribution in [-0.2, 0) is 16.0 Å². The van der Waals surface area contributed by atoms with E-state index in [9.17, 15) is 4.79 Å². The highest BCUT2D eigenvalue weighted by atomic mass is 16.5. The Morgan fingerprint density at radius 1 is 1.53 bits per heavy atom. The fourth-order valence-corrected chi connectivity index (χ4v) is 1.58. The van der Waals surface area contributed by atoms with Gasteiger partial charge in [-0.05, 0) is 20.3 Å². The number of hydrogen-bond donors (Lipinski definition) is 1. The summed E-state index contributed by atoms with van der Waals surface area (Å²) in [5.74, 6) is 0.595. The molecule has 1 heterocycles. The molecule has 17 heavy (non-hydrogen) atoms. The lowest BCUT2D eigenvalue weighted by Crippen LogP contribution is -2.11. The highest BCUT2D eigenvalue weighted by Crippen LogP contribution is 2.15. The van der Waals surface area contributed by atoms with E-state index in [-0.39, 0.29) is 5.69 Å². The Labute approximate surface area is 101 Å². The van der Waals surface area contributed by atoms with Crippen molar-refractivity contribution in [2.45, 2.75) is 26.8 Å². The largest absolute Gasteiger partial charge is 0.461 e. The van der Waals surface area contributed by atoms with Crippen molar-refractivity contribution in [2.24, 2.45) is 0 Å². The maximum atomic E-state index is 11.6. The number of hydrogen-bond acceptors (Lipinski definition) is 5. The zero-order valence-corrected chi connectivity index (χ0v) is 10.5. The fourth-order valence-electron chi connectivity index (χ4n) is 1.58. The molecule has 96 valence electrons. The first-order valence-electron chi connectivity index (χ1n) is 5.60. The zero-order valence-electron chi connectivity index (χ0n) is 10.5. The van der Waals surface area contributed by atoms with Gasteiger partial charge in [0.25, 0.3) is 0 Å². The summed E-state index contributed by atoms with van der Waals surface area (Å²) in [6.07, 6.45) is 0.820. The van der Waals surface area contributed by atoms with Crippen molar-refractivity contribution in [3.05, 3.63) is 11.5 Å². The molecular formula is C11H19N3O3. The third-order valence-corrected chi connectivity index (χ3v) is 2.40. The van der Waals surface area contributed by atoms with Crippen LogP contribution in [0.4, 0.5) is 5.82 Å². The molecule has 2 N–H and O–H groups in total. The number of methoxy groups -OCH3 is 1. The Kier molecular flexibility index (Phi) is 4.96. The van der Waals surface area contributed by atoms with Crippen LogP contribution in [-0.4, -0.2) is 35.8 Å². The lowest BCUT2D eigenvalue weighted by Gasteiger charge is -2.06. The smallest absolute Gasteiger partial charge is 0.360 e. The first-order valence-corrected chi connectivity index (χ1v) is 5.60. The highest BCUT2D eigenvalue weighted by Gasteiger charge is 2.19. The molecule has 1 rings (SSSR count). The predicted molar refractivity (Wildman–Crippen MR) is 63.8 cm³/mol. The monoisotopic (exact) mass is 241 g/mol. The van der Waals surface area contributed by atoms with Gasteiger partial charge in [-0.3, -0.25) is 0 Å². The Balaban J connectivity index is 2.82. The molecule has 0 aliphatic heterocycles. The van der Waals surface area contributed by atoms with Gasteiger partial charge in [-0.25, -0.2) is 9.78 Å². The van der Waals surface area contributed by atoms with E-state index in [1.165, 1.54) is 0 Å². The van der Waals surface area contributed by atoms with E-state index in [2.05, 4.69) is 4.98 Å². The summed E-state index contributed by atoms with van der Waals surface area (Å²) < 4.78 is 11.7. The molecule has 0 aromatic carbocycles. The Morgan fingerprint density at radius 2 is 2.24 bits per heavy atom. The number of ether oxygens (including phenoxy) is 2. The van der Waals surface area contributed by atoms with Crippen LogP contribution >= 0.6 is 0 Å². The topological polar surface area (TPSA) is 79.4 Å². The standard InChI is InChI=1S/C11H19N3O3/c1-4-17-11(15)9-10(12)14(8(2)13-9)6-5-7-16-3/h4-7,12H2,1-3H3. The van der Waals surface area contributed by atoms with Crippen LogP contribution in [0.1, 0.15) is 29.7 Å². The van der Waals surface area contributed by atoms with E-state index >= 15 is 0 Å². The van der Waals surface area contributed by atoms with Crippen molar-refractivity contribution >= 4 is 11.8 Å². The quantitative estimate of drug-likeness (QED) is 0.593. The van der Waals surface area contributed by atoms with Gasteiger partial charge in [-0.15, -0.1) is 0 Å². The molecule has 0 aliphatic rings. The van der Waals surface area contributed by atoms with Crippen molar-refractivity contribution in [3.63, 3.8) is 0 Å². The van der Waals surface area contributed by atoms with Crippen LogP contribution in [0.5, 0.6) is 0 Å². The Hall–Kier alpha value is -1.56. The Bertz CT molecular complexity index is 388. The number of nitrogen functional groups attached to an aromatic ring is 1. The number of anilines is 1. The summed E-state index contributed by atoms with van der Waals surface area (Å²) in [6.45, 7) is 5.19. The summed E-state index contributed by atoms with van der Waals surface area (Å²) in [7, 11) is 1.65. The van der Waals surface area contributed by atoms with Crippen LogP contribution in [0.25, 0.3) is 0 Å². The molecule has 1 aromatic heterocycles. The summed E-state index contributed by atoms with van der Waals surface area (Å²) in [5, 5.41) is 0. The second-order valence-corrected chi connectivity index (χ2v) is 3.61. The second-order valence-electron chi connectivity index (χ2n) is 3.61. The van der Waals surface area contributed by atoms with Crippen LogP contribution in [0.2, 0.25) is 0 Å². The van der Waals surface area contributed by atoms with E-state index in [1.807, 2.05) is 6.92 Å². The van der Waals surface area contributed by atoms with E-state index in [1.54, 1.807) is 18.6 Å². The molecule has 0 spiro atoms. The molecule has 0 radical (unpaired) electrons. The van der Waals surface area contributed by atoms with Crippen LogP contribution in [0.3, 0.4) is 0 Å². The van der Waals surface area contributed by atoms with Gasteiger partial charge in [0.15, 0.2) is 5.69 Å².